The summed E-state index contributed by atoms with van der Waals surface area (Å²) in [7, 11) is 0. The van der Waals surface area contributed by atoms with Gasteiger partial charge in [-0.25, -0.2) is 10.0 Å². The first kappa shape index (κ1) is 15.5. The smallest absolute Gasteiger partial charge is 0.272 e. The summed E-state index contributed by atoms with van der Waals surface area (Å²) in [6.07, 6.45) is 1.63. The van der Waals surface area contributed by atoms with Crippen LogP contribution in [0.25, 0.3) is 0 Å². The number of hydrazine groups is 1. The first-order valence-corrected chi connectivity index (χ1v) is 7.50. The van der Waals surface area contributed by atoms with Crippen LogP contribution >= 0.6 is 0 Å². The average molecular weight is 289 g/mol. The Bertz CT molecular complexity index is 504. The molecule has 21 heavy (non-hydrogen) atoms. The van der Waals surface area contributed by atoms with E-state index in [0.717, 1.165) is 12.8 Å². The predicted octanol–water partition coefficient (Wildman–Crippen LogP) is 1.65. The molecule has 0 spiro atoms. The van der Waals surface area contributed by atoms with Gasteiger partial charge >= 0.3 is 0 Å². The molecule has 2 rings (SSSR count). The molecular formula is C16H23N3O2. The molecule has 0 aliphatic carbocycles. The van der Waals surface area contributed by atoms with E-state index in [-0.39, 0.29) is 17.7 Å². The molecule has 2 N–H and O–H groups in total. The summed E-state index contributed by atoms with van der Waals surface area (Å²) >= 11 is 0. The van der Waals surface area contributed by atoms with Gasteiger partial charge in [0.25, 0.3) is 11.8 Å². The maximum Gasteiger partial charge on any atom is 0.272 e. The monoisotopic (exact) mass is 289 g/mol. The number of rotatable bonds is 4. The number of hydrogen-bond acceptors (Lipinski definition) is 3. The molecule has 0 radical (unpaired) electrons. The molecule has 0 aromatic heterocycles. The number of nitrogens with zero attached hydrogens (tertiary/aromatic N) is 2. The number of benzene rings is 1. The molecule has 1 aliphatic heterocycles. The van der Waals surface area contributed by atoms with Gasteiger partial charge in [-0.15, -0.1) is 0 Å². The van der Waals surface area contributed by atoms with Crippen molar-refractivity contribution in [3.63, 3.8) is 0 Å². The maximum atomic E-state index is 12.5. The van der Waals surface area contributed by atoms with Crippen molar-refractivity contribution in [2.45, 2.75) is 32.7 Å². The highest BCUT2D eigenvalue weighted by Gasteiger charge is 2.35. The normalized spacial score (nSPS) is 17.7. The molecule has 1 aromatic rings. The summed E-state index contributed by atoms with van der Waals surface area (Å²) < 4.78 is 0. The van der Waals surface area contributed by atoms with Crippen molar-refractivity contribution < 1.29 is 9.59 Å². The van der Waals surface area contributed by atoms with Crippen LogP contribution in [0.15, 0.2) is 30.3 Å². The van der Waals surface area contributed by atoms with Gasteiger partial charge in [-0.2, -0.15) is 0 Å². The second-order valence-corrected chi connectivity index (χ2v) is 5.52. The van der Waals surface area contributed by atoms with Gasteiger partial charge in [0.15, 0.2) is 0 Å². The molecule has 1 aromatic carbocycles. The highest BCUT2D eigenvalue weighted by molar-refractivity contribution is 5.96. The van der Waals surface area contributed by atoms with Crippen molar-refractivity contribution >= 4 is 11.8 Å². The van der Waals surface area contributed by atoms with Gasteiger partial charge in [0.1, 0.15) is 0 Å². The molecule has 114 valence electrons. The van der Waals surface area contributed by atoms with Crippen molar-refractivity contribution in [2.24, 2.45) is 11.7 Å². The number of amides is 2. The van der Waals surface area contributed by atoms with Crippen LogP contribution < -0.4 is 5.73 Å². The lowest BCUT2D eigenvalue weighted by Crippen LogP contribution is -2.53. The van der Waals surface area contributed by atoms with Crippen LogP contribution in [0, 0.1) is 5.92 Å². The van der Waals surface area contributed by atoms with Crippen molar-refractivity contribution in [2.75, 3.05) is 13.1 Å². The first-order chi connectivity index (χ1) is 10.1. The Morgan fingerprint density at radius 3 is 2.43 bits per heavy atom. The minimum absolute atomic E-state index is 0.103. The van der Waals surface area contributed by atoms with Gasteiger partial charge < -0.3 is 5.73 Å². The third-order valence-corrected chi connectivity index (χ3v) is 4.08. The van der Waals surface area contributed by atoms with Crippen LogP contribution in [0.2, 0.25) is 0 Å². The number of carbonyl (C=O) groups excluding carboxylic acids is 2. The van der Waals surface area contributed by atoms with E-state index in [1.165, 1.54) is 10.0 Å². The van der Waals surface area contributed by atoms with E-state index in [0.29, 0.717) is 18.7 Å². The third-order valence-electron chi connectivity index (χ3n) is 4.08. The predicted molar refractivity (Wildman–Crippen MR) is 81.2 cm³/mol. The highest BCUT2D eigenvalue weighted by Crippen LogP contribution is 2.18. The molecule has 0 bridgehead atoms. The van der Waals surface area contributed by atoms with Crippen molar-refractivity contribution in [3.8, 4) is 0 Å². The largest absolute Gasteiger partial charge is 0.320 e. The Morgan fingerprint density at radius 1 is 1.19 bits per heavy atom. The minimum Gasteiger partial charge on any atom is -0.320 e. The quantitative estimate of drug-likeness (QED) is 0.916. The van der Waals surface area contributed by atoms with Gasteiger partial charge in [-0.05, 0) is 24.5 Å². The van der Waals surface area contributed by atoms with Crippen LogP contribution in [0.1, 0.15) is 37.0 Å². The van der Waals surface area contributed by atoms with Crippen LogP contribution in [0.4, 0.5) is 0 Å². The van der Waals surface area contributed by atoms with Crippen molar-refractivity contribution in [3.05, 3.63) is 35.9 Å². The molecule has 1 aliphatic rings. The lowest BCUT2D eigenvalue weighted by Gasteiger charge is -2.31. The standard InChI is InChI=1S/C16H23N3O2/c1-3-12(2)14(17)16(21)19-11-7-10-18(19)15(20)13-8-5-4-6-9-13/h4-6,8-9,12,14H,3,7,10-11,17H2,1-2H3/t12?,14-/m0/s1. The van der Waals surface area contributed by atoms with Crippen molar-refractivity contribution in [1.82, 2.24) is 10.0 Å². The summed E-state index contributed by atoms with van der Waals surface area (Å²) in [5.41, 5.74) is 6.61. The van der Waals surface area contributed by atoms with Crippen LogP contribution in [-0.4, -0.2) is 41.0 Å². The Kier molecular flexibility index (Phi) is 4.96. The van der Waals surface area contributed by atoms with Crippen LogP contribution in [0.3, 0.4) is 0 Å². The Balaban J connectivity index is 2.13. The maximum absolute atomic E-state index is 12.5. The molecule has 2 atom stereocenters. The number of carbonyl (C=O) groups is 2. The summed E-state index contributed by atoms with van der Waals surface area (Å²) in [5.74, 6) is -0.198. The number of nitrogens with two attached hydrogens (primary N) is 1. The molecule has 0 saturated carbocycles. The van der Waals surface area contributed by atoms with E-state index < -0.39 is 6.04 Å². The fourth-order valence-electron chi connectivity index (χ4n) is 2.45. The zero-order chi connectivity index (χ0) is 15.4. The lowest BCUT2D eigenvalue weighted by atomic mass is 9.99. The van der Waals surface area contributed by atoms with E-state index in [2.05, 4.69) is 0 Å². The molecule has 5 nitrogen and oxygen atoms in total. The van der Waals surface area contributed by atoms with E-state index in [1.807, 2.05) is 32.0 Å². The van der Waals surface area contributed by atoms with E-state index in [4.69, 9.17) is 5.73 Å². The summed E-state index contributed by atoms with van der Waals surface area (Å²) in [6.45, 7) is 5.09. The lowest BCUT2D eigenvalue weighted by molar-refractivity contribution is -0.143. The zero-order valence-corrected chi connectivity index (χ0v) is 12.7. The van der Waals surface area contributed by atoms with Crippen LogP contribution in [0.5, 0.6) is 0 Å². The van der Waals surface area contributed by atoms with E-state index in [9.17, 15) is 9.59 Å². The minimum atomic E-state index is -0.556. The number of hydrogen-bond donors (Lipinski definition) is 1. The highest BCUT2D eigenvalue weighted by atomic mass is 16.2. The molecular weight excluding hydrogens is 266 g/mol. The van der Waals surface area contributed by atoms with E-state index >= 15 is 0 Å². The van der Waals surface area contributed by atoms with Gasteiger partial charge in [0.2, 0.25) is 0 Å². The second kappa shape index (κ2) is 6.72. The third kappa shape index (κ3) is 3.24. The van der Waals surface area contributed by atoms with Gasteiger partial charge in [-0.3, -0.25) is 9.59 Å². The Hall–Kier alpha value is -1.88. The van der Waals surface area contributed by atoms with Gasteiger partial charge in [0, 0.05) is 18.7 Å². The summed E-state index contributed by atoms with van der Waals surface area (Å²) in [6, 6.07) is 8.47. The van der Waals surface area contributed by atoms with Crippen LogP contribution in [-0.2, 0) is 4.79 Å². The molecule has 1 saturated heterocycles. The SMILES string of the molecule is CCC(C)[C@H](N)C(=O)N1CCCN1C(=O)c1ccccc1. The fraction of sp³-hybridized carbons (Fsp3) is 0.500. The topological polar surface area (TPSA) is 66.6 Å². The summed E-state index contributed by atoms with van der Waals surface area (Å²) in [5, 5.41) is 3.05. The molecule has 1 fully saturated rings. The fourth-order valence-corrected chi connectivity index (χ4v) is 2.45. The summed E-state index contributed by atoms with van der Waals surface area (Å²) in [4.78, 5) is 25.0. The first-order valence-electron chi connectivity index (χ1n) is 7.50. The van der Waals surface area contributed by atoms with Gasteiger partial charge in [-0.1, -0.05) is 38.5 Å². The molecule has 2 amide bonds. The Labute approximate surface area is 125 Å². The van der Waals surface area contributed by atoms with Gasteiger partial charge in [0.05, 0.1) is 6.04 Å². The molecule has 1 unspecified atom stereocenters. The van der Waals surface area contributed by atoms with Crippen molar-refractivity contribution in [1.29, 1.82) is 0 Å². The van der Waals surface area contributed by atoms with E-state index in [1.54, 1.807) is 12.1 Å². The Morgan fingerprint density at radius 2 is 1.81 bits per heavy atom. The molecule has 1 heterocycles. The molecule has 5 heteroatoms. The zero-order valence-electron chi connectivity index (χ0n) is 12.7. The average Bonchev–Trinajstić information content (AvgIpc) is 3.02. The second-order valence-electron chi connectivity index (χ2n) is 5.52.